The molecule has 0 saturated carbocycles. The minimum Gasteiger partial charge on any atom is -0.351 e. The van der Waals surface area contributed by atoms with Crippen LogP contribution in [-0.2, 0) is 11.3 Å². The Morgan fingerprint density at radius 2 is 1.96 bits per heavy atom. The van der Waals surface area contributed by atoms with Gasteiger partial charge >= 0.3 is 0 Å². The lowest BCUT2D eigenvalue weighted by atomic mass is 10.1. The van der Waals surface area contributed by atoms with Crippen LogP contribution in [0.4, 0.5) is 4.39 Å². The zero-order chi connectivity index (χ0) is 19.6. The van der Waals surface area contributed by atoms with Gasteiger partial charge in [-0.3, -0.25) is 14.2 Å². The molecule has 3 rings (SSSR count). The summed E-state index contributed by atoms with van der Waals surface area (Å²) in [4.78, 5) is 29.6. The average Bonchev–Trinajstić information content (AvgIpc) is 3.05. The van der Waals surface area contributed by atoms with Crippen molar-refractivity contribution in [3.05, 3.63) is 57.4 Å². The first-order valence-electron chi connectivity index (χ1n) is 8.39. The Morgan fingerprint density at radius 1 is 1.26 bits per heavy atom. The number of hydrogen-bond donors (Lipinski definition) is 1. The van der Waals surface area contributed by atoms with Gasteiger partial charge in [0.2, 0.25) is 5.91 Å². The van der Waals surface area contributed by atoms with Crippen molar-refractivity contribution in [1.82, 2.24) is 14.9 Å². The first-order valence-corrected chi connectivity index (χ1v) is 10.3. The Balaban J connectivity index is 1.91. The first kappa shape index (κ1) is 19.6. The Kier molecular flexibility index (Phi) is 5.67. The standard InChI is InChI=1S/C19H20FN3O2S2/c1-19(2,3)22-15(24)11-27-18-21-14-8-9-26-16(14)17(25)23(18)10-12-4-6-13(20)7-5-12/h4-9H,10-11H2,1-3H3,(H,22,24). The number of halogens is 1. The average molecular weight is 406 g/mol. The highest BCUT2D eigenvalue weighted by Crippen LogP contribution is 2.22. The number of hydrogen-bond acceptors (Lipinski definition) is 5. The number of thioether (sulfide) groups is 1. The smallest absolute Gasteiger partial charge is 0.272 e. The summed E-state index contributed by atoms with van der Waals surface area (Å²) < 4.78 is 15.3. The van der Waals surface area contributed by atoms with Gasteiger partial charge in [-0.1, -0.05) is 23.9 Å². The van der Waals surface area contributed by atoms with E-state index in [-0.39, 0.29) is 35.1 Å². The first-order chi connectivity index (χ1) is 12.7. The Labute approximate surface area is 164 Å². The zero-order valence-corrected chi connectivity index (χ0v) is 16.9. The molecule has 1 amide bonds. The van der Waals surface area contributed by atoms with Crippen LogP contribution in [0.3, 0.4) is 0 Å². The van der Waals surface area contributed by atoms with Crippen molar-refractivity contribution < 1.29 is 9.18 Å². The van der Waals surface area contributed by atoms with E-state index < -0.39 is 0 Å². The number of aromatic nitrogens is 2. The van der Waals surface area contributed by atoms with Gasteiger partial charge in [0.25, 0.3) is 5.56 Å². The van der Waals surface area contributed by atoms with Crippen LogP contribution in [0.25, 0.3) is 10.2 Å². The van der Waals surface area contributed by atoms with Gasteiger partial charge in [0, 0.05) is 5.54 Å². The Bertz CT molecular complexity index is 1020. The lowest BCUT2D eigenvalue weighted by Gasteiger charge is -2.20. The molecule has 0 aliphatic rings. The molecule has 2 aromatic heterocycles. The summed E-state index contributed by atoms with van der Waals surface area (Å²) in [6, 6.07) is 7.80. The quantitative estimate of drug-likeness (QED) is 0.520. The van der Waals surface area contributed by atoms with Crippen LogP contribution in [0, 0.1) is 5.82 Å². The monoisotopic (exact) mass is 405 g/mol. The molecule has 8 heteroatoms. The van der Waals surface area contributed by atoms with Gasteiger partial charge in [-0.25, -0.2) is 9.37 Å². The number of carbonyl (C=O) groups excluding carboxylic acids is 1. The SMILES string of the molecule is CC(C)(C)NC(=O)CSc1nc2ccsc2c(=O)n1Cc1ccc(F)cc1. The number of fused-ring (bicyclic) bond motifs is 1. The van der Waals surface area contributed by atoms with Crippen LogP contribution in [0.15, 0.2) is 45.7 Å². The summed E-state index contributed by atoms with van der Waals surface area (Å²) in [7, 11) is 0. The molecular formula is C19H20FN3O2S2. The molecule has 2 heterocycles. The molecule has 1 aromatic carbocycles. The molecule has 0 bridgehead atoms. The second kappa shape index (κ2) is 7.82. The van der Waals surface area contributed by atoms with Gasteiger partial charge in [-0.15, -0.1) is 11.3 Å². The fourth-order valence-electron chi connectivity index (χ4n) is 2.53. The van der Waals surface area contributed by atoms with E-state index in [1.807, 2.05) is 26.2 Å². The van der Waals surface area contributed by atoms with E-state index in [9.17, 15) is 14.0 Å². The molecule has 0 atom stereocenters. The third-order valence-electron chi connectivity index (χ3n) is 3.63. The largest absolute Gasteiger partial charge is 0.351 e. The number of thiophene rings is 1. The van der Waals surface area contributed by atoms with Gasteiger partial charge < -0.3 is 5.32 Å². The molecule has 0 aliphatic heterocycles. The third kappa shape index (κ3) is 4.95. The van der Waals surface area contributed by atoms with Crippen molar-refractivity contribution in [3.63, 3.8) is 0 Å². The van der Waals surface area contributed by atoms with Gasteiger partial charge in [-0.05, 0) is 49.9 Å². The molecule has 27 heavy (non-hydrogen) atoms. The van der Waals surface area contributed by atoms with Crippen LogP contribution >= 0.6 is 23.1 Å². The number of carbonyl (C=O) groups is 1. The predicted molar refractivity (Wildman–Crippen MR) is 108 cm³/mol. The van der Waals surface area contributed by atoms with Gasteiger partial charge in [0.1, 0.15) is 10.5 Å². The molecule has 0 radical (unpaired) electrons. The Morgan fingerprint density at radius 3 is 2.63 bits per heavy atom. The highest BCUT2D eigenvalue weighted by atomic mass is 32.2. The van der Waals surface area contributed by atoms with E-state index in [0.29, 0.717) is 15.4 Å². The summed E-state index contributed by atoms with van der Waals surface area (Å²) in [5.41, 5.74) is 0.935. The summed E-state index contributed by atoms with van der Waals surface area (Å²) in [6.07, 6.45) is 0. The van der Waals surface area contributed by atoms with Crippen molar-refractivity contribution in [2.45, 2.75) is 38.0 Å². The molecule has 1 N–H and O–H groups in total. The zero-order valence-electron chi connectivity index (χ0n) is 15.3. The van der Waals surface area contributed by atoms with E-state index in [0.717, 1.165) is 5.56 Å². The lowest BCUT2D eigenvalue weighted by Crippen LogP contribution is -2.41. The highest BCUT2D eigenvalue weighted by molar-refractivity contribution is 7.99. The maximum atomic E-state index is 13.2. The van der Waals surface area contributed by atoms with Crippen LogP contribution in [0.1, 0.15) is 26.3 Å². The van der Waals surface area contributed by atoms with E-state index in [4.69, 9.17) is 0 Å². The fourth-order valence-corrected chi connectivity index (χ4v) is 4.11. The molecule has 3 aromatic rings. The molecule has 142 valence electrons. The van der Waals surface area contributed by atoms with Crippen LogP contribution in [0.5, 0.6) is 0 Å². The summed E-state index contributed by atoms with van der Waals surface area (Å²) in [6.45, 7) is 6.00. The minimum atomic E-state index is -0.327. The third-order valence-corrected chi connectivity index (χ3v) is 5.50. The van der Waals surface area contributed by atoms with Gasteiger partial charge in [0.15, 0.2) is 5.16 Å². The van der Waals surface area contributed by atoms with Crippen molar-refractivity contribution in [2.75, 3.05) is 5.75 Å². The second-order valence-corrected chi connectivity index (χ2v) is 8.99. The van der Waals surface area contributed by atoms with E-state index in [2.05, 4.69) is 10.3 Å². The molecule has 0 fully saturated rings. The molecule has 0 saturated heterocycles. The molecule has 5 nitrogen and oxygen atoms in total. The van der Waals surface area contributed by atoms with Gasteiger partial charge in [0.05, 0.1) is 17.8 Å². The normalized spacial score (nSPS) is 11.7. The highest BCUT2D eigenvalue weighted by Gasteiger charge is 2.17. The van der Waals surface area contributed by atoms with Crippen LogP contribution < -0.4 is 10.9 Å². The maximum absolute atomic E-state index is 13.2. The Hall–Kier alpha value is -2.19. The van der Waals surface area contributed by atoms with Crippen molar-refractivity contribution in [2.24, 2.45) is 0 Å². The van der Waals surface area contributed by atoms with E-state index >= 15 is 0 Å². The number of nitrogens with one attached hydrogen (secondary N) is 1. The van der Waals surface area contributed by atoms with Gasteiger partial charge in [-0.2, -0.15) is 0 Å². The lowest BCUT2D eigenvalue weighted by molar-refractivity contribution is -0.119. The van der Waals surface area contributed by atoms with Crippen molar-refractivity contribution in [3.8, 4) is 0 Å². The molecule has 0 spiro atoms. The van der Waals surface area contributed by atoms with Crippen LogP contribution in [-0.4, -0.2) is 26.8 Å². The number of nitrogens with zero attached hydrogens (tertiary/aromatic N) is 2. The summed E-state index contributed by atoms with van der Waals surface area (Å²) >= 11 is 2.56. The second-order valence-electron chi connectivity index (χ2n) is 7.13. The topological polar surface area (TPSA) is 64.0 Å². The number of benzene rings is 1. The van der Waals surface area contributed by atoms with Crippen molar-refractivity contribution >= 4 is 39.2 Å². The van der Waals surface area contributed by atoms with Crippen molar-refractivity contribution in [1.29, 1.82) is 0 Å². The van der Waals surface area contributed by atoms with E-state index in [1.54, 1.807) is 22.8 Å². The predicted octanol–water partition coefficient (Wildman–Crippen LogP) is 3.65. The number of rotatable bonds is 5. The number of amides is 1. The fraction of sp³-hybridized carbons (Fsp3) is 0.316. The molecule has 0 unspecified atom stereocenters. The molecule has 0 aliphatic carbocycles. The molecular weight excluding hydrogens is 385 g/mol. The maximum Gasteiger partial charge on any atom is 0.272 e. The minimum absolute atomic E-state index is 0.125. The summed E-state index contributed by atoms with van der Waals surface area (Å²) in [5.74, 6) is -0.296. The van der Waals surface area contributed by atoms with E-state index in [1.165, 1.54) is 35.2 Å². The summed E-state index contributed by atoms with van der Waals surface area (Å²) in [5, 5.41) is 5.19. The van der Waals surface area contributed by atoms with Crippen LogP contribution in [0.2, 0.25) is 0 Å².